The third-order valence-electron chi connectivity index (χ3n) is 14.1. The van der Waals surface area contributed by atoms with Crippen molar-refractivity contribution in [1.82, 2.24) is 15.1 Å². The summed E-state index contributed by atoms with van der Waals surface area (Å²) in [5.74, 6) is -4.78. The summed E-state index contributed by atoms with van der Waals surface area (Å²) in [6, 6.07) is 14.8. The van der Waals surface area contributed by atoms with Crippen molar-refractivity contribution in [3.05, 3.63) is 71.9 Å². The van der Waals surface area contributed by atoms with Gasteiger partial charge in [0.05, 0.1) is 53.2 Å². The second-order valence-electron chi connectivity index (χ2n) is 19.2. The van der Waals surface area contributed by atoms with E-state index in [1.54, 1.807) is 75.2 Å². The van der Waals surface area contributed by atoms with Gasteiger partial charge in [0.15, 0.2) is 18.0 Å². The number of benzene rings is 2. The van der Waals surface area contributed by atoms with Gasteiger partial charge in [0, 0.05) is 55.4 Å². The smallest absolute Gasteiger partial charge is 0.410 e. The molecule has 3 aliphatic rings. The summed E-state index contributed by atoms with van der Waals surface area (Å²) in [6.07, 6.45) is -2.45. The Morgan fingerprint density at radius 3 is 2.32 bits per heavy atom. The molecule has 16 heteroatoms. The minimum Gasteiger partial charge on any atom is -0.458 e. The molecule has 3 fully saturated rings. The largest absolute Gasteiger partial charge is 0.458 e. The molecule has 0 aromatic heterocycles. The normalized spacial score (nSPS) is 34.8. The van der Waals surface area contributed by atoms with Crippen LogP contribution >= 0.6 is 0 Å². The summed E-state index contributed by atoms with van der Waals surface area (Å²) in [6.45, 7) is 15.1. The van der Waals surface area contributed by atoms with Gasteiger partial charge >= 0.3 is 18.0 Å². The number of anilines is 1. The van der Waals surface area contributed by atoms with E-state index < -0.39 is 89.7 Å². The topological polar surface area (TPSA) is 214 Å². The predicted molar refractivity (Wildman–Crippen MR) is 250 cm³/mol. The highest BCUT2D eigenvalue weighted by atomic mass is 16.7. The number of aliphatic hydroxyl groups excluding tert-OH is 1. The number of hydrogen-bond acceptors (Lipinski definition) is 15. The fraction of sp³-hybridized carbons (Fsp3) is 0.640. The summed E-state index contributed by atoms with van der Waals surface area (Å²) in [5, 5.41) is 15.4. The second-order valence-corrected chi connectivity index (χ2v) is 19.2. The number of nitrogens with one attached hydrogen (secondary N) is 1. The predicted octanol–water partition coefficient (Wildman–Crippen LogP) is 5.76. The van der Waals surface area contributed by atoms with Gasteiger partial charge in [-0.1, -0.05) is 58.0 Å². The number of unbranched alkanes of at least 4 members (excludes halogenated alkanes) is 1. The van der Waals surface area contributed by atoms with Crippen LogP contribution in [0, 0.1) is 23.7 Å². The molecule has 366 valence electrons. The Balaban J connectivity index is 1.45. The van der Waals surface area contributed by atoms with E-state index in [1.165, 1.54) is 7.11 Å². The highest BCUT2D eigenvalue weighted by Gasteiger charge is 2.60. The zero-order chi connectivity index (χ0) is 48.7. The van der Waals surface area contributed by atoms with Gasteiger partial charge in [0.2, 0.25) is 0 Å². The number of methoxy groups -OCH3 is 1. The number of nitrogens with two attached hydrogens (primary N) is 2. The highest BCUT2D eigenvalue weighted by molar-refractivity contribution is 5.89. The van der Waals surface area contributed by atoms with Crippen molar-refractivity contribution in [3.8, 4) is 0 Å². The molecule has 0 bridgehead atoms. The quantitative estimate of drug-likeness (QED) is 0.0768. The lowest BCUT2D eigenvalue weighted by molar-refractivity contribution is -0.300. The van der Waals surface area contributed by atoms with Crippen LogP contribution in [0.4, 0.5) is 10.5 Å². The molecule has 16 nitrogen and oxygen atoms in total. The van der Waals surface area contributed by atoms with Gasteiger partial charge in [0.1, 0.15) is 11.9 Å². The van der Waals surface area contributed by atoms with E-state index in [2.05, 4.69) is 5.32 Å². The molecule has 2 aromatic rings. The number of nitrogens with zero attached hydrogens (tertiary/aromatic N) is 2. The summed E-state index contributed by atoms with van der Waals surface area (Å²) in [4.78, 5) is 60.3. The number of ether oxygens (including phenoxy) is 6. The monoisotopic (exact) mass is 922 g/mol. The maximum atomic E-state index is 14.9. The summed E-state index contributed by atoms with van der Waals surface area (Å²) >= 11 is 0. The molecule has 3 saturated heterocycles. The number of carbonyl (C=O) groups is 4. The van der Waals surface area contributed by atoms with Crippen molar-refractivity contribution < 1.29 is 52.7 Å². The summed E-state index contributed by atoms with van der Waals surface area (Å²) < 4.78 is 38.4. The third-order valence-corrected chi connectivity index (χ3v) is 14.1. The number of rotatable bonds is 14. The Bertz CT molecular complexity index is 2000. The van der Waals surface area contributed by atoms with Crippen LogP contribution in [-0.4, -0.2) is 133 Å². The number of hydrogen-bond donors (Lipinski definition) is 4. The first-order valence-electron chi connectivity index (χ1n) is 23.4. The Kier molecular flexibility index (Phi) is 17.7. The molecule has 6 N–H and O–H groups in total. The van der Waals surface area contributed by atoms with Crippen LogP contribution in [0.1, 0.15) is 103 Å². The highest BCUT2D eigenvalue weighted by Crippen LogP contribution is 2.44. The number of ketones is 1. The molecule has 2 unspecified atom stereocenters. The number of Topliss-reactive ketones (excluding diaryl/α,β-unsaturated/α-hetero) is 1. The minimum atomic E-state index is -1.41. The molecule has 0 radical (unpaired) electrons. The molecule has 0 spiro atoms. The van der Waals surface area contributed by atoms with Crippen molar-refractivity contribution in [2.45, 2.75) is 148 Å². The number of cyclic esters (lactones) is 1. The van der Waals surface area contributed by atoms with Crippen LogP contribution in [0.5, 0.6) is 0 Å². The minimum absolute atomic E-state index is 0.119. The lowest BCUT2D eigenvalue weighted by Gasteiger charge is -2.48. The van der Waals surface area contributed by atoms with E-state index in [1.807, 2.05) is 64.9 Å². The maximum Gasteiger partial charge on any atom is 0.410 e. The van der Waals surface area contributed by atoms with E-state index in [4.69, 9.17) is 39.9 Å². The Hall–Kier alpha value is -4.74. The molecule has 3 heterocycles. The third kappa shape index (κ3) is 11.7. The number of esters is 2. The Morgan fingerprint density at radius 1 is 1.00 bits per heavy atom. The molecule has 14 atom stereocenters. The molecular formula is C50H75N5O11. The molecule has 2 aromatic carbocycles. The molecule has 3 aliphatic heterocycles. The fourth-order valence-electron chi connectivity index (χ4n) is 10.2. The zero-order valence-electron chi connectivity index (χ0n) is 40.7. The van der Waals surface area contributed by atoms with Gasteiger partial charge in [-0.25, -0.2) is 9.59 Å². The van der Waals surface area contributed by atoms with Crippen LogP contribution in [-0.2, 0) is 38.0 Å². The van der Waals surface area contributed by atoms with Gasteiger partial charge in [-0.2, -0.15) is 0 Å². The number of carbonyl (C=O) groups excluding carboxylic acids is 4. The molecule has 0 aliphatic carbocycles. The standard InChI is InChI=1S/C50H75N5O11/c1-12-39-50(8)43(55(48(60)66-50)24-17-16-23-53-28-37(52)35-21-18-22-36(51)26-35)31(4)40(56)29(2)27-49(7,61-11)44(32(5)41(57)33(6)45(58)63-39)65-47-42(38(54(9)10)25-30(3)62-47)64-46(59)34-19-14-13-15-20-34/h13-15,18-22,26,28-33,38-39,41-44,47,53,57H,12,16-17,23-25,27,51-52H2,1-11H3/b37-28-/t29-,30-,31+,32+,33-,38+,39-,41+,42-,43?,44-,47?,49+,50-/m1/s1. The molecule has 1 amide bonds. The number of nitrogen functional groups attached to an aromatic ring is 1. The second kappa shape index (κ2) is 22.4. The molecule has 0 saturated carbocycles. The summed E-state index contributed by atoms with van der Waals surface area (Å²) in [5.41, 5.74) is 11.8. The van der Waals surface area contributed by atoms with Crippen molar-refractivity contribution in [3.63, 3.8) is 0 Å². The van der Waals surface area contributed by atoms with Crippen molar-refractivity contribution in [2.24, 2.45) is 29.4 Å². The maximum absolute atomic E-state index is 14.9. The SMILES string of the molecule is CC[C@H]1OC(=O)[C@H](C)[C@@H](O)[C@H](C)[C@@H](OC2O[C@H](C)C[C@H](N(C)C)[C@H]2OC(=O)c2ccccc2)[C@@](C)(OC)C[C@@H](C)C(=O)[C@H](C)C2N(CCCCN/C=C(\N)c3cccc(N)c3)C(=O)O[C@@]21C. The Labute approximate surface area is 391 Å². The number of likely N-dealkylation sites (N-methyl/N-ethyl adjacent to an activating group) is 1. The average Bonchev–Trinajstić information content (AvgIpc) is 3.55. The van der Waals surface area contributed by atoms with Crippen LogP contribution in [0.3, 0.4) is 0 Å². The summed E-state index contributed by atoms with van der Waals surface area (Å²) in [7, 11) is 5.31. The van der Waals surface area contributed by atoms with Crippen LogP contribution < -0.4 is 16.8 Å². The van der Waals surface area contributed by atoms with Gasteiger partial charge in [-0.05, 0) is 98.2 Å². The first-order valence-corrected chi connectivity index (χ1v) is 23.4. The lowest BCUT2D eigenvalue weighted by Crippen LogP contribution is -2.61. The van der Waals surface area contributed by atoms with Crippen LogP contribution in [0.2, 0.25) is 0 Å². The van der Waals surface area contributed by atoms with Crippen LogP contribution in [0.15, 0.2) is 60.8 Å². The van der Waals surface area contributed by atoms with Crippen molar-refractivity contribution in [2.75, 3.05) is 40.0 Å². The van der Waals surface area contributed by atoms with Gasteiger partial charge in [-0.15, -0.1) is 0 Å². The molecule has 66 heavy (non-hydrogen) atoms. The van der Waals surface area contributed by atoms with Crippen molar-refractivity contribution >= 4 is 35.2 Å². The van der Waals surface area contributed by atoms with E-state index >= 15 is 0 Å². The van der Waals surface area contributed by atoms with Crippen LogP contribution in [0.25, 0.3) is 5.70 Å². The van der Waals surface area contributed by atoms with E-state index in [0.29, 0.717) is 42.8 Å². The first kappa shape index (κ1) is 52.2. The van der Waals surface area contributed by atoms with Gasteiger partial charge in [0.25, 0.3) is 0 Å². The lowest BCUT2D eigenvalue weighted by atomic mass is 9.73. The van der Waals surface area contributed by atoms with E-state index in [0.717, 1.165) is 5.56 Å². The number of amides is 1. The number of fused-ring (bicyclic) bond motifs is 1. The average molecular weight is 922 g/mol. The van der Waals surface area contributed by atoms with Gasteiger partial charge < -0.3 is 60.1 Å². The zero-order valence-corrected chi connectivity index (χ0v) is 40.7. The molecule has 5 rings (SSSR count). The van der Waals surface area contributed by atoms with E-state index in [9.17, 15) is 24.3 Å². The van der Waals surface area contributed by atoms with Crippen molar-refractivity contribution in [1.29, 1.82) is 0 Å². The van der Waals surface area contributed by atoms with E-state index in [-0.39, 0.29) is 37.3 Å². The first-order chi connectivity index (χ1) is 31.2. The molecular weight excluding hydrogens is 847 g/mol. The fourth-order valence-corrected chi connectivity index (χ4v) is 10.2. The Morgan fingerprint density at radius 2 is 1.68 bits per heavy atom. The van der Waals surface area contributed by atoms with Gasteiger partial charge in [-0.3, -0.25) is 9.59 Å². The number of aliphatic hydroxyl groups is 1.